The van der Waals surface area contributed by atoms with E-state index in [2.05, 4.69) is 22.0 Å². The van der Waals surface area contributed by atoms with Crippen molar-refractivity contribution >= 4 is 29.1 Å². The molecule has 40 heavy (non-hydrogen) atoms. The SMILES string of the molecule is CCOC(=O)C1=C(C)N=c2s/c(=C/c3ccc(N4CCOCC4)cc3)c(=O)n2[C@H]1c1ccc(OC)c(OCC)c1. The number of nitrogens with zero attached hydrogens (tertiary/aromatic N) is 3. The molecule has 10 heteroatoms. The Bertz CT molecular complexity index is 1600. The fraction of sp³-hybridized carbons (Fsp3) is 0.367. The monoisotopic (exact) mass is 563 g/mol. The molecule has 2 aliphatic heterocycles. The summed E-state index contributed by atoms with van der Waals surface area (Å²) in [5.74, 6) is 0.593. The van der Waals surface area contributed by atoms with Crippen LogP contribution in [-0.2, 0) is 14.3 Å². The first kappa shape index (κ1) is 27.7. The highest BCUT2D eigenvalue weighted by atomic mass is 32.1. The third-order valence-electron chi connectivity index (χ3n) is 6.89. The fourth-order valence-corrected chi connectivity index (χ4v) is 6.04. The van der Waals surface area contributed by atoms with Gasteiger partial charge in [0.2, 0.25) is 0 Å². The number of anilines is 1. The van der Waals surface area contributed by atoms with E-state index in [9.17, 15) is 9.59 Å². The predicted octanol–water partition coefficient (Wildman–Crippen LogP) is 3.04. The lowest BCUT2D eigenvalue weighted by molar-refractivity contribution is -0.139. The second-order valence-corrected chi connectivity index (χ2v) is 10.3. The maximum Gasteiger partial charge on any atom is 0.338 e. The smallest absolute Gasteiger partial charge is 0.338 e. The third-order valence-corrected chi connectivity index (χ3v) is 7.87. The normalized spacial score (nSPS) is 17.4. The molecule has 0 bridgehead atoms. The number of aromatic nitrogens is 1. The van der Waals surface area contributed by atoms with Crippen molar-refractivity contribution in [2.24, 2.45) is 4.99 Å². The van der Waals surface area contributed by atoms with Crippen LogP contribution in [0, 0.1) is 0 Å². The van der Waals surface area contributed by atoms with Crippen molar-refractivity contribution in [3.05, 3.63) is 84.5 Å². The van der Waals surface area contributed by atoms with Gasteiger partial charge in [0, 0.05) is 18.8 Å². The lowest BCUT2D eigenvalue weighted by Gasteiger charge is -2.28. The van der Waals surface area contributed by atoms with Crippen LogP contribution < -0.4 is 29.3 Å². The first-order valence-electron chi connectivity index (χ1n) is 13.4. The van der Waals surface area contributed by atoms with Crippen LogP contribution in [0.1, 0.15) is 37.9 Å². The Morgan fingerprint density at radius 2 is 1.85 bits per heavy atom. The molecule has 3 aromatic rings. The van der Waals surface area contributed by atoms with Crippen molar-refractivity contribution in [1.29, 1.82) is 0 Å². The first-order chi connectivity index (χ1) is 19.4. The molecule has 5 rings (SSSR count). The van der Waals surface area contributed by atoms with Crippen molar-refractivity contribution in [3.8, 4) is 11.5 Å². The molecule has 0 radical (unpaired) electrons. The zero-order valence-corrected chi connectivity index (χ0v) is 24.0. The van der Waals surface area contributed by atoms with E-state index in [4.69, 9.17) is 18.9 Å². The number of ether oxygens (including phenoxy) is 4. The summed E-state index contributed by atoms with van der Waals surface area (Å²) in [6.07, 6.45) is 1.87. The lowest BCUT2D eigenvalue weighted by atomic mass is 9.95. The summed E-state index contributed by atoms with van der Waals surface area (Å²) in [6.45, 7) is 9.21. The quantitative estimate of drug-likeness (QED) is 0.389. The fourth-order valence-electron chi connectivity index (χ4n) is 4.99. The first-order valence-corrected chi connectivity index (χ1v) is 14.2. The van der Waals surface area contributed by atoms with E-state index in [1.165, 1.54) is 11.3 Å². The number of hydrogen-bond donors (Lipinski definition) is 0. The molecular weight excluding hydrogens is 530 g/mol. The van der Waals surface area contributed by atoms with Gasteiger partial charge < -0.3 is 23.8 Å². The van der Waals surface area contributed by atoms with Gasteiger partial charge >= 0.3 is 5.97 Å². The highest BCUT2D eigenvalue weighted by Crippen LogP contribution is 2.36. The maximum absolute atomic E-state index is 13.9. The lowest BCUT2D eigenvalue weighted by Crippen LogP contribution is -2.40. The molecule has 2 aliphatic rings. The van der Waals surface area contributed by atoms with Crippen LogP contribution >= 0.6 is 11.3 Å². The van der Waals surface area contributed by atoms with E-state index in [1.807, 2.05) is 37.3 Å². The zero-order valence-electron chi connectivity index (χ0n) is 23.1. The van der Waals surface area contributed by atoms with E-state index in [0.717, 1.165) is 37.6 Å². The summed E-state index contributed by atoms with van der Waals surface area (Å²) in [5, 5.41) is 0. The highest BCUT2D eigenvalue weighted by Gasteiger charge is 2.34. The van der Waals surface area contributed by atoms with Gasteiger partial charge in [-0.05, 0) is 62.2 Å². The largest absolute Gasteiger partial charge is 0.493 e. The Morgan fingerprint density at radius 3 is 2.52 bits per heavy atom. The van der Waals surface area contributed by atoms with Crippen molar-refractivity contribution in [2.45, 2.75) is 26.8 Å². The van der Waals surface area contributed by atoms with Gasteiger partial charge in [-0.15, -0.1) is 0 Å². The molecule has 1 aromatic heterocycles. The molecule has 0 amide bonds. The molecular formula is C30H33N3O6S. The van der Waals surface area contributed by atoms with Gasteiger partial charge in [0.25, 0.3) is 5.56 Å². The van der Waals surface area contributed by atoms with Crippen molar-refractivity contribution in [3.63, 3.8) is 0 Å². The van der Waals surface area contributed by atoms with E-state index in [1.54, 1.807) is 31.6 Å². The Kier molecular flexibility index (Phi) is 8.37. The second-order valence-electron chi connectivity index (χ2n) is 9.34. The Balaban J connectivity index is 1.61. The second kappa shape index (κ2) is 12.1. The van der Waals surface area contributed by atoms with Crippen LogP contribution in [0.5, 0.6) is 11.5 Å². The predicted molar refractivity (Wildman–Crippen MR) is 154 cm³/mol. The molecule has 3 heterocycles. The average Bonchev–Trinajstić information content (AvgIpc) is 3.27. The number of esters is 1. The van der Waals surface area contributed by atoms with Gasteiger partial charge in [-0.25, -0.2) is 9.79 Å². The molecule has 0 spiro atoms. The standard InChI is InChI=1S/C30H33N3O6S/c1-5-38-24-18-21(9-12-23(24)36-4)27-26(29(35)39-6-2)19(3)31-30-33(27)28(34)25(40-30)17-20-7-10-22(11-8-20)32-13-15-37-16-14-32/h7-12,17-18,27H,5-6,13-16H2,1-4H3/b25-17+/t27-/m0/s1. The summed E-state index contributed by atoms with van der Waals surface area (Å²) in [4.78, 5) is 34.6. The number of thiazole rings is 1. The Hall–Kier alpha value is -3.89. The Labute approximate surface area is 236 Å². The molecule has 210 valence electrons. The minimum absolute atomic E-state index is 0.208. The topological polar surface area (TPSA) is 91.6 Å². The highest BCUT2D eigenvalue weighted by molar-refractivity contribution is 7.07. The summed E-state index contributed by atoms with van der Waals surface area (Å²) in [7, 11) is 1.57. The van der Waals surface area contributed by atoms with Crippen LogP contribution in [0.25, 0.3) is 6.08 Å². The summed E-state index contributed by atoms with van der Waals surface area (Å²) in [5.41, 5.74) is 3.34. The van der Waals surface area contributed by atoms with Crippen LogP contribution in [0.3, 0.4) is 0 Å². The number of fused-ring (bicyclic) bond motifs is 1. The van der Waals surface area contributed by atoms with Gasteiger partial charge in [0.05, 0.1) is 55.4 Å². The van der Waals surface area contributed by atoms with Crippen LogP contribution in [0.2, 0.25) is 0 Å². The summed E-state index contributed by atoms with van der Waals surface area (Å²) < 4.78 is 24.2. The molecule has 1 atom stereocenters. The third kappa shape index (κ3) is 5.41. The van der Waals surface area contributed by atoms with Gasteiger partial charge in [0.15, 0.2) is 16.3 Å². The number of allylic oxidation sites excluding steroid dienone is 1. The van der Waals surface area contributed by atoms with Crippen LogP contribution in [0.4, 0.5) is 5.69 Å². The Morgan fingerprint density at radius 1 is 1.10 bits per heavy atom. The molecule has 0 saturated carbocycles. The van der Waals surface area contributed by atoms with E-state index in [0.29, 0.717) is 44.3 Å². The van der Waals surface area contributed by atoms with Crippen molar-refractivity contribution < 1.29 is 23.7 Å². The molecule has 1 saturated heterocycles. The number of carbonyl (C=O) groups excluding carboxylic acids is 1. The number of morpholine rings is 1. The van der Waals surface area contributed by atoms with Gasteiger partial charge in [0.1, 0.15) is 0 Å². The summed E-state index contributed by atoms with van der Waals surface area (Å²) in [6, 6.07) is 12.8. The van der Waals surface area contributed by atoms with Crippen molar-refractivity contribution in [1.82, 2.24) is 4.57 Å². The minimum atomic E-state index is -0.730. The molecule has 0 aliphatic carbocycles. The van der Waals surface area contributed by atoms with Gasteiger partial charge in [-0.2, -0.15) is 0 Å². The molecule has 9 nitrogen and oxygen atoms in total. The average molecular weight is 564 g/mol. The number of methoxy groups -OCH3 is 1. The maximum atomic E-state index is 13.9. The number of rotatable bonds is 8. The van der Waals surface area contributed by atoms with Crippen molar-refractivity contribution in [2.75, 3.05) is 51.5 Å². The van der Waals surface area contributed by atoms with Gasteiger partial charge in [-0.1, -0.05) is 29.5 Å². The number of benzene rings is 2. The van der Waals surface area contributed by atoms with Crippen LogP contribution in [-0.4, -0.2) is 57.2 Å². The number of hydrogen-bond acceptors (Lipinski definition) is 9. The molecule has 1 fully saturated rings. The zero-order chi connectivity index (χ0) is 28.2. The van der Waals surface area contributed by atoms with E-state index >= 15 is 0 Å². The molecule has 0 N–H and O–H groups in total. The van der Waals surface area contributed by atoms with Crippen LogP contribution in [0.15, 0.2) is 63.5 Å². The molecule has 0 unspecified atom stereocenters. The molecule has 2 aromatic carbocycles. The minimum Gasteiger partial charge on any atom is -0.493 e. The summed E-state index contributed by atoms with van der Waals surface area (Å²) >= 11 is 1.30. The van der Waals surface area contributed by atoms with Gasteiger partial charge in [-0.3, -0.25) is 9.36 Å². The van der Waals surface area contributed by atoms with E-state index < -0.39 is 12.0 Å². The van der Waals surface area contributed by atoms with E-state index in [-0.39, 0.29) is 12.2 Å². The number of carbonyl (C=O) groups is 1.